The largest absolute Gasteiger partial charge is 0.298 e. The molecular weight excluding hydrogens is 388 g/mol. The Kier molecular flexibility index (Phi) is 5.76. The summed E-state index contributed by atoms with van der Waals surface area (Å²) in [5, 5.41) is 0. The summed E-state index contributed by atoms with van der Waals surface area (Å²) >= 11 is 1.84. The van der Waals surface area contributed by atoms with Crippen molar-refractivity contribution in [2.24, 2.45) is 5.92 Å². The Morgan fingerprint density at radius 3 is 2.31 bits per heavy atom. The molecule has 29 heavy (non-hydrogen) atoms. The van der Waals surface area contributed by atoms with Gasteiger partial charge in [-0.1, -0.05) is 30.3 Å². The standard InChI is InChI=1S/C22H22N2O4S/c25-17-7-4-8-18(26)19(17)20(27)16-13-23-21(14-5-2-1-3-6-14)24(22(16)28)15-9-11-29-12-10-15/h1-3,5-6,13,15,19H,4,7-12H2. The Morgan fingerprint density at radius 2 is 1.66 bits per heavy atom. The Morgan fingerprint density at radius 1 is 1.00 bits per heavy atom. The lowest BCUT2D eigenvalue weighted by atomic mass is 9.82. The number of nitrogens with zero attached hydrogens (tertiary/aromatic N) is 2. The zero-order chi connectivity index (χ0) is 20.4. The third-order valence-electron chi connectivity index (χ3n) is 5.60. The normalized spacial score (nSPS) is 18.8. The number of hydrogen-bond donors (Lipinski definition) is 0. The molecule has 0 N–H and O–H groups in total. The number of rotatable bonds is 4. The van der Waals surface area contributed by atoms with E-state index in [1.807, 2.05) is 42.1 Å². The summed E-state index contributed by atoms with van der Waals surface area (Å²) in [4.78, 5) is 55.4. The highest BCUT2D eigenvalue weighted by atomic mass is 32.2. The van der Waals surface area contributed by atoms with E-state index in [0.29, 0.717) is 12.2 Å². The number of ketones is 3. The van der Waals surface area contributed by atoms with E-state index in [0.717, 1.165) is 29.9 Å². The first-order chi connectivity index (χ1) is 14.1. The fraction of sp³-hybridized carbons (Fsp3) is 0.409. The summed E-state index contributed by atoms with van der Waals surface area (Å²) in [5.74, 6) is -0.444. The summed E-state index contributed by atoms with van der Waals surface area (Å²) in [7, 11) is 0. The molecule has 2 aromatic rings. The molecule has 1 aliphatic heterocycles. The Balaban J connectivity index is 1.82. The number of aromatic nitrogens is 2. The smallest absolute Gasteiger partial charge is 0.264 e. The van der Waals surface area contributed by atoms with Gasteiger partial charge >= 0.3 is 0 Å². The van der Waals surface area contributed by atoms with Crippen LogP contribution in [0.2, 0.25) is 0 Å². The number of thioether (sulfide) groups is 1. The van der Waals surface area contributed by atoms with E-state index in [4.69, 9.17) is 0 Å². The van der Waals surface area contributed by atoms with Gasteiger partial charge in [-0.25, -0.2) is 4.98 Å². The Labute approximate surface area is 172 Å². The lowest BCUT2D eigenvalue weighted by Crippen LogP contribution is -2.40. The minimum Gasteiger partial charge on any atom is -0.298 e. The first-order valence-electron chi connectivity index (χ1n) is 9.92. The van der Waals surface area contributed by atoms with Gasteiger partial charge in [0.25, 0.3) is 5.56 Å². The molecule has 150 valence electrons. The molecule has 0 atom stereocenters. The van der Waals surface area contributed by atoms with Crippen LogP contribution in [0.25, 0.3) is 11.4 Å². The Bertz CT molecular complexity index is 993. The second-order valence-corrected chi connectivity index (χ2v) is 8.69. The fourth-order valence-corrected chi connectivity index (χ4v) is 5.16. The molecule has 0 spiro atoms. The van der Waals surface area contributed by atoms with Crippen molar-refractivity contribution in [3.8, 4) is 11.4 Å². The van der Waals surface area contributed by atoms with Crippen molar-refractivity contribution in [1.82, 2.24) is 9.55 Å². The van der Waals surface area contributed by atoms with Crippen LogP contribution < -0.4 is 5.56 Å². The third-order valence-corrected chi connectivity index (χ3v) is 6.65. The van der Waals surface area contributed by atoms with E-state index in [1.165, 1.54) is 6.20 Å². The molecular formula is C22H22N2O4S. The molecule has 6 nitrogen and oxygen atoms in total. The average Bonchev–Trinajstić information content (AvgIpc) is 2.74. The molecule has 2 heterocycles. The molecule has 4 rings (SSSR count). The molecule has 7 heteroatoms. The van der Waals surface area contributed by atoms with Crippen LogP contribution in [0.15, 0.2) is 41.3 Å². The molecule has 0 unspecified atom stereocenters. The number of benzene rings is 1. The molecule has 1 aromatic heterocycles. The van der Waals surface area contributed by atoms with Crippen LogP contribution >= 0.6 is 11.8 Å². The molecule has 2 aliphatic rings. The minimum atomic E-state index is -1.35. The third kappa shape index (κ3) is 3.83. The van der Waals surface area contributed by atoms with Crippen LogP contribution in [0, 0.1) is 5.92 Å². The quantitative estimate of drug-likeness (QED) is 0.569. The van der Waals surface area contributed by atoms with Gasteiger partial charge in [0.2, 0.25) is 0 Å². The molecule has 0 amide bonds. The zero-order valence-electron chi connectivity index (χ0n) is 16.0. The summed E-state index contributed by atoms with van der Waals surface area (Å²) in [5.41, 5.74) is 0.190. The molecule has 1 saturated carbocycles. The van der Waals surface area contributed by atoms with Crippen molar-refractivity contribution in [3.63, 3.8) is 0 Å². The van der Waals surface area contributed by atoms with Crippen LogP contribution in [-0.2, 0) is 9.59 Å². The van der Waals surface area contributed by atoms with Crippen molar-refractivity contribution >= 4 is 29.1 Å². The summed E-state index contributed by atoms with van der Waals surface area (Å²) in [6.45, 7) is 0. The molecule has 1 aromatic carbocycles. The SMILES string of the molecule is O=C1CCCC(=O)C1C(=O)c1cnc(-c2ccccc2)n(C2CCSCC2)c1=O. The molecule has 1 saturated heterocycles. The van der Waals surface area contributed by atoms with Gasteiger partial charge in [-0.15, -0.1) is 0 Å². The van der Waals surface area contributed by atoms with Crippen molar-refractivity contribution in [3.05, 3.63) is 52.4 Å². The van der Waals surface area contributed by atoms with E-state index >= 15 is 0 Å². The summed E-state index contributed by atoms with van der Waals surface area (Å²) in [6.07, 6.45) is 3.74. The highest BCUT2D eigenvalue weighted by molar-refractivity contribution is 7.99. The monoisotopic (exact) mass is 410 g/mol. The molecule has 0 bridgehead atoms. The van der Waals surface area contributed by atoms with Crippen LogP contribution in [0.3, 0.4) is 0 Å². The van der Waals surface area contributed by atoms with Gasteiger partial charge in [-0.05, 0) is 30.8 Å². The second-order valence-electron chi connectivity index (χ2n) is 7.46. The van der Waals surface area contributed by atoms with Crippen molar-refractivity contribution in [2.45, 2.75) is 38.1 Å². The molecule has 1 aliphatic carbocycles. The highest BCUT2D eigenvalue weighted by Gasteiger charge is 2.38. The van der Waals surface area contributed by atoms with E-state index in [-0.39, 0.29) is 24.4 Å². The van der Waals surface area contributed by atoms with Crippen molar-refractivity contribution in [2.75, 3.05) is 11.5 Å². The van der Waals surface area contributed by atoms with Crippen LogP contribution in [0.4, 0.5) is 0 Å². The van der Waals surface area contributed by atoms with E-state index in [9.17, 15) is 19.2 Å². The van der Waals surface area contributed by atoms with Crippen LogP contribution in [0.1, 0.15) is 48.5 Å². The first-order valence-corrected chi connectivity index (χ1v) is 11.1. The average molecular weight is 410 g/mol. The van der Waals surface area contributed by atoms with Crippen molar-refractivity contribution in [1.29, 1.82) is 0 Å². The number of carbonyl (C=O) groups excluding carboxylic acids is 3. The van der Waals surface area contributed by atoms with E-state index in [2.05, 4.69) is 4.98 Å². The number of carbonyl (C=O) groups is 3. The van der Waals surface area contributed by atoms with Crippen LogP contribution in [-0.4, -0.2) is 38.4 Å². The van der Waals surface area contributed by atoms with Gasteiger partial charge < -0.3 is 0 Å². The van der Waals surface area contributed by atoms with Gasteiger partial charge in [0.05, 0.1) is 0 Å². The first kappa shape index (κ1) is 19.8. The highest BCUT2D eigenvalue weighted by Crippen LogP contribution is 2.30. The molecule has 0 radical (unpaired) electrons. The maximum Gasteiger partial charge on any atom is 0.264 e. The Hall–Kier alpha value is -2.54. The number of Topliss-reactive ketones (excluding diaryl/α,β-unsaturated/α-hetero) is 3. The van der Waals surface area contributed by atoms with E-state index in [1.54, 1.807) is 4.57 Å². The maximum absolute atomic E-state index is 13.4. The predicted molar refractivity (Wildman–Crippen MR) is 111 cm³/mol. The van der Waals surface area contributed by atoms with Gasteiger partial charge in [-0.2, -0.15) is 11.8 Å². The number of hydrogen-bond acceptors (Lipinski definition) is 6. The van der Waals surface area contributed by atoms with Gasteiger partial charge in [0.1, 0.15) is 17.3 Å². The summed E-state index contributed by atoms with van der Waals surface area (Å²) < 4.78 is 1.61. The second kappa shape index (κ2) is 8.45. The topological polar surface area (TPSA) is 86.1 Å². The van der Waals surface area contributed by atoms with Gasteiger partial charge in [0.15, 0.2) is 17.3 Å². The zero-order valence-corrected chi connectivity index (χ0v) is 16.8. The van der Waals surface area contributed by atoms with Gasteiger partial charge in [0, 0.05) is 30.6 Å². The molecule has 2 fully saturated rings. The maximum atomic E-state index is 13.4. The van der Waals surface area contributed by atoms with Crippen molar-refractivity contribution < 1.29 is 14.4 Å². The van der Waals surface area contributed by atoms with E-state index < -0.39 is 28.8 Å². The summed E-state index contributed by atoms with van der Waals surface area (Å²) in [6, 6.07) is 9.34. The van der Waals surface area contributed by atoms with Gasteiger partial charge in [-0.3, -0.25) is 23.7 Å². The lowest BCUT2D eigenvalue weighted by Gasteiger charge is -2.26. The predicted octanol–water partition coefficient (Wildman–Crippen LogP) is 3.10. The lowest BCUT2D eigenvalue weighted by molar-refractivity contribution is -0.133. The van der Waals surface area contributed by atoms with Crippen LogP contribution in [0.5, 0.6) is 0 Å². The fourth-order valence-electron chi connectivity index (χ4n) is 4.07. The minimum absolute atomic E-state index is 0.0584.